The standard InChI is InChI=1S/C6H10N2O/c7-8-6-2-1-4-9-5-3-6/h1-5H2. The maximum Gasteiger partial charge on any atom is 0.271 e. The highest BCUT2D eigenvalue weighted by molar-refractivity contribution is 5.79. The van der Waals surface area contributed by atoms with Crippen molar-refractivity contribution in [1.29, 1.82) is 0 Å². The molecule has 0 spiro atoms. The molecule has 9 heavy (non-hydrogen) atoms. The summed E-state index contributed by atoms with van der Waals surface area (Å²) >= 11 is 0. The van der Waals surface area contributed by atoms with Gasteiger partial charge in [0.2, 0.25) is 0 Å². The van der Waals surface area contributed by atoms with E-state index in [0.29, 0.717) is 6.61 Å². The molecule has 0 bridgehead atoms. The smallest absolute Gasteiger partial charge is 0.271 e. The molecule has 0 unspecified atom stereocenters. The summed E-state index contributed by atoms with van der Waals surface area (Å²) in [7, 11) is 0. The van der Waals surface area contributed by atoms with E-state index >= 15 is 0 Å². The lowest BCUT2D eigenvalue weighted by atomic mass is 10.2. The maximum atomic E-state index is 8.35. The van der Waals surface area contributed by atoms with E-state index in [9.17, 15) is 0 Å². The van der Waals surface area contributed by atoms with Crippen LogP contribution in [0.3, 0.4) is 0 Å². The third-order valence-corrected chi connectivity index (χ3v) is 1.43. The monoisotopic (exact) mass is 126 g/mol. The van der Waals surface area contributed by atoms with Crippen molar-refractivity contribution in [2.24, 2.45) is 0 Å². The minimum Gasteiger partial charge on any atom is -0.381 e. The Bertz CT molecular complexity index is 128. The molecule has 0 atom stereocenters. The molecule has 0 aromatic heterocycles. The molecule has 0 aliphatic carbocycles. The zero-order valence-corrected chi connectivity index (χ0v) is 5.34. The lowest BCUT2D eigenvalue weighted by Gasteiger charge is -1.90. The molecule has 0 N–H and O–H groups in total. The molecule has 0 radical (unpaired) electrons. The average Bonchev–Trinajstić information content (AvgIpc) is 2.13. The summed E-state index contributed by atoms with van der Waals surface area (Å²) in [4.78, 5) is 3.14. The highest BCUT2D eigenvalue weighted by atomic mass is 16.5. The quantitative estimate of drug-likeness (QED) is 0.350. The van der Waals surface area contributed by atoms with Gasteiger partial charge in [-0.1, -0.05) is 0 Å². The van der Waals surface area contributed by atoms with Gasteiger partial charge in [0.25, 0.3) is 5.71 Å². The molecular formula is C6H10N2O. The van der Waals surface area contributed by atoms with Crippen molar-refractivity contribution >= 4 is 5.71 Å². The second-order valence-electron chi connectivity index (χ2n) is 2.13. The Morgan fingerprint density at radius 3 is 3.00 bits per heavy atom. The Balaban J connectivity index is 2.45. The van der Waals surface area contributed by atoms with Crippen LogP contribution in [0, 0.1) is 0 Å². The first-order chi connectivity index (χ1) is 4.43. The van der Waals surface area contributed by atoms with Crippen molar-refractivity contribution in [3.8, 4) is 0 Å². The largest absolute Gasteiger partial charge is 0.381 e. The van der Waals surface area contributed by atoms with Crippen LogP contribution in [0.25, 0.3) is 5.53 Å². The van der Waals surface area contributed by atoms with E-state index in [-0.39, 0.29) is 0 Å². The van der Waals surface area contributed by atoms with Gasteiger partial charge in [-0.3, -0.25) is 0 Å². The number of hydrogen-bond acceptors (Lipinski definition) is 1. The van der Waals surface area contributed by atoms with E-state index in [1.807, 2.05) is 0 Å². The van der Waals surface area contributed by atoms with Crippen LogP contribution in [0.15, 0.2) is 0 Å². The van der Waals surface area contributed by atoms with E-state index in [4.69, 9.17) is 10.3 Å². The van der Waals surface area contributed by atoms with Crippen molar-refractivity contribution in [3.05, 3.63) is 5.53 Å². The van der Waals surface area contributed by atoms with Crippen LogP contribution in [0.2, 0.25) is 0 Å². The number of nitrogens with zero attached hydrogens (tertiary/aromatic N) is 2. The predicted octanol–water partition coefficient (Wildman–Crippen LogP) is 0.858. The van der Waals surface area contributed by atoms with Gasteiger partial charge in [0.05, 0.1) is 13.0 Å². The summed E-state index contributed by atoms with van der Waals surface area (Å²) in [6.45, 7) is 1.51. The zero-order chi connectivity index (χ0) is 6.53. The molecule has 3 heteroatoms. The second-order valence-corrected chi connectivity index (χ2v) is 2.13. The Hall–Kier alpha value is -0.660. The van der Waals surface area contributed by atoms with Crippen LogP contribution in [0.5, 0.6) is 0 Å². The van der Waals surface area contributed by atoms with E-state index in [1.165, 1.54) is 0 Å². The number of rotatable bonds is 0. The molecule has 1 rings (SSSR count). The molecule has 1 heterocycles. The molecule has 0 aromatic carbocycles. The van der Waals surface area contributed by atoms with Crippen molar-refractivity contribution in [2.75, 3.05) is 13.2 Å². The van der Waals surface area contributed by atoms with Crippen LogP contribution in [-0.4, -0.2) is 23.7 Å². The van der Waals surface area contributed by atoms with Gasteiger partial charge >= 0.3 is 0 Å². The fraction of sp³-hybridized carbons (Fsp3) is 0.833. The Kier molecular flexibility index (Phi) is 2.43. The highest BCUT2D eigenvalue weighted by Gasteiger charge is 2.10. The first-order valence-electron chi connectivity index (χ1n) is 3.21. The van der Waals surface area contributed by atoms with Gasteiger partial charge in [-0.15, -0.1) is 0 Å². The topological polar surface area (TPSA) is 45.6 Å². The van der Waals surface area contributed by atoms with E-state index < -0.39 is 0 Å². The minimum atomic E-state index is 0.708. The summed E-state index contributed by atoms with van der Waals surface area (Å²) in [5.74, 6) is 0. The van der Waals surface area contributed by atoms with Gasteiger partial charge in [-0.2, -0.15) is 4.79 Å². The molecule has 50 valence electrons. The molecule has 3 nitrogen and oxygen atoms in total. The average molecular weight is 126 g/mol. The third kappa shape index (κ3) is 1.96. The van der Waals surface area contributed by atoms with Crippen molar-refractivity contribution in [1.82, 2.24) is 0 Å². The van der Waals surface area contributed by atoms with Crippen LogP contribution in [-0.2, 0) is 4.74 Å². The first kappa shape index (κ1) is 6.46. The van der Waals surface area contributed by atoms with E-state index in [2.05, 4.69) is 4.79 Å². The van der Waals surface area contributed by atoms with Gasteiger partial charge in [0.15, 0.2) is 0 Å². The predicted molar refractivity (Wildman–Crippen MR) is 33.3 cm³/mol. The molecule has 0 saturated carbocycles. The summed E-state index contributed by atoms with van der Waals surface area (Å²) in [6.07, 6.45) is 2.66. The third-order valence-electron chi connectivity index (χ3n) is 1.43. The molecule has 0 amide bonds. The fourth-order valence-corrected chi connectivity index (χ4v) is 0.895. The number of hydrogen-bond donors (Lipinski definition) is 0. The number of ether oxygens (including phenoxy) is 1. The van der Waals surface area contributed by atoms with Crippen LogP contribution < -0.4 is 0 Å². The summed E-state index contributed by atoms with van der Waals surface area (Å²) in [6, 6.07) is 0. The van der Waals surface area contributed by atoms with Gasteiger partial charge in [-0.25, -0.2) is 0 Å². The van der Waals surface area contributed by atoms with Crippen LogP contribution in [0.1, 0.15) is 19.3 Å². The molecule has 1 saturated heterocycles. The molecule has 1 aliphatic rings. The maximum absolute atomic E-state index is 8.35. The first-order valence-corrected chi connectivity index (χ1v) is 3.21. The SMILES string of the molecule is [N-]=[N+]=C1CCCOCC1. The highest BCUT2D eigenvalue weighted by Crippen LogP contribution is 2.01. The molecule has 1 fully saturated rings. The minimum absolute atomic E-state index is 0.708. The lowest BCUT2D eigenvalue weighted by molar-refractivity contribution is -0.0115. The van der Waals surface area contributed by atoms with Crippen molar-refractivity contribution in [3.63, 3.8) is 0 Å². The van der Waals surface area contributed by atoms with E-state index in [1.54, 1.807) is 0 Å². The normalized spacial score (nSPS) is 20.7. The van der Waals surface area contributed by atoms with Gasteiger partial charge in [-0.05, 0) is 6.42 Å². The van der Waals surface area contributed by atoms with Gasteiger partial charge < -0.3 is 10.3 Å². The van der Waals surface area contributed by atoms with Crippen molar-refractivity contribution < 1.29 is 9.53 Å². The summed E-state index contributed by atoms with van der Waals surface area (Å²) in [5, 5.41) is 0. The van der Waals surface area contributed by atoms with Crippen molar-refractivity contribution in [2.45, 2.75) is 19.3 Å². The summed E-state index contributed by atoms with van der Waals surface area (Å²) < 4.78 is 5.13. The zero-order valence-electron chi connectivity index (χ0n) is 5.34. The van der Waals surface area contributed by atoms with Crippen LogP contribution >= 0.6 is 0 Å². The lowest BCUT2D eigenvalue weighted by Crippen LogP contribution is -1.98. The molecular weight excluding hydrogens is 116 g/mol. The fourth-order valence-electron chi connectivity index (χ4n) is 0.895. The Morgan fingerprint density at radius 2 is 2.22 bits per heavy atom. The van der Waals surface area contributed by atoms with Crippen LogP contribution in [0.4, 0.5) is 0 Å². The molecule has 0 aromatic rings. The summed E-state index contributed by atoms with van der Waals surface area (Å²) in [5.41, 5.74) is 9.22. The Morgan fingerprint density at radius 1 is 1.33 bits per heavy atom. The van der Waals surface area contributed by atoms with Gasteiger partial charge in [0.1, 0.15) is 0 Å². The Labute approximate surface area is 54.3 Å². The van der Waals surface area contributed by atoms with E-state index in [0.717, 1.165) is 31.6 Å². The van der Waals surface area contributed by atoms with Gasteiger partial charge in [0, 0.05) is 13.0 Å². The molecule has 1 aliphatic heterocycles. The second kappa shape index (κ2) is 3.38.